The van der Waals surface area contributed by atoms with Crippen LogP contribution in [0.2, 0.25) is 0 Å². The minimum absolute atomic E-state index is 0.0252. The molecule has 1 atom stereocenters. The van der Waals surface area contributed by atoms with Crippen LogP contribution >= 0.6 is 11.8 Å². The molecule has 0 fully saturated rings. The van der Waals surface area contributed by atoms with Crippen molar-refractivity contribution in [3.63, 3.8) is 0 Å². The maximum Gasteiger partial charge on any atom is 0.167 e. The number of nitrogens with zero attached hydrogens (tertiary/aromatic N) is 2. The Morgan fingerprint density at radius 1 is 1.83 bits per heavy atom. The lowest BCUT2D eigenvalue weighted by atomic mass is 10.4. The lowest BCUT2D eigenvalue weighted by Gasteiger charge is -2.06. The van der Waals surface area contributed by atoms with E-state index in [0.29, 0.717) is 5.75 Å². The van der Waals surface area contributed by atoms with Gasteiger partial charge in [0.05, 0.1) is 6.61 Å². The number of aliphatic hydroxyl groups is 1. The minimum Gasteiger partial charge on any atom is -0.395 e. The summed E-state index contributed by atoms with van der Waals surface area (Å²) in [5.74, 6) is 0.696. The van der Waals surface area contributed by atoms with E-state index in [-0.39, 0.29) is 12.6 Å². The number of nitrogens with two attached hydrogens (primary N) is 1. The van der Waals surface area contributed by atoms with Crippen molar-refractivity contribution in [3.05, 3.63) is 12.4 Å². The molecule has 1 aromatic heterocycles. The van der Waals surface area contributed by atoms with E-state index < -0.39 is 0 Å². The summed E-state index contributed by atoms with van der Waals surface area (Å²) < 4.78 is 1.93. The minimum atomic E-state index is -0.160. The second-order valence-corrected chi connectivity index (χ2v) is 3.56. The van der Waals surface area contributed by atoms with Crippen molar-refractivity contribution < 1.29 is 5.11 Å². The molecule has 0 bridgehead atoms. The zero-order chi connectivity index (χ0) is 8.97. The van der Waals surface area contributed by atoms with E-state index in [1.807, 2.05) is 17.8 Å². The van der Waals surface area contributed by atoms with Gasteiger partial charge in [-0.25, -0.2) is 4.98 Å². The van der Waals surface area contributed by atoms with E-state index in [0.717, 1.165) is 5.16 Å². The largest absolute Gasteiger partial charge is 0.395 e. The van der Waals surface area contributed by atoms with Gasteiger partial charge in [-0.3, -0.25) is 0 Å². The molecular formula is C7H13N3OS. The van der Waals surface area contributed by atoms with E-state index in [2.05, 4.69) is 4.98 Å². The van der Waals surface area contributed by atoms with Crippen molar-refractivity contribution in [3.8, 4) is 0 Å². The normalized spacial score (nSPS) is 13.2. The molecule has 0 aliphatic rings. The first kappa shape index (κ1) is 9.57. The molecule has 1 aromatic rings. The van der Waals surface area contributed by atoms with Gasteiger partial charge >= 0.3 is 0 Å². The lowest BCUT2D eigenvalue weighted by molar-refractivity contribution is 0.275. The van der Waals surface area contributed by atoms with Gasteiger partial charge in [0.25, 0.3) is 0 Å². The Morgan fingerprint density at radius 3 is 3.08 bits per heavy atom. The van der Waals surface area contributed by atoms with Gasteiger partial charge in [-0.2, -0.15) is 0 Å². The fourth-order valence-corrected chi connectivity index (χ4v) is 1.59. The molecule has 0 amide bonds. The number of aromatic nitrogens is 2. The Morgan fingerprint density at radius 2 is 2.58 bits per heavy atom. The molecule has 4 nitrogen and oxygen atoms in total. The van der Waals surface area contributed by atoms with Crippen LogP contribution in [0.1, 0.15) is 0 Å². The first-order chi connectivity index (χ1) is 5.74. The molecule has 0 spiro atoms. The molecule has 0 aliphatic carbocycles. The van der Waals surface area contributed by atoms with E-state index in [9.17, 15) is 0 Å². The van der Waals surface area contributed by atoms with Crippen LogP contribution in [0.5, 0.6) is 0 Å². The lowest BCUT2D eigenvalue weighted by Crippen LogP contribution is -2.27. The van der Waals surface area contributed by atoms with Crippen LogP contribution in [0.15, 0.2) is 17.6 Å². The maximum absolute atomic E-state index is 8.67. The molecule has 1 unspecified atom stereocenters. The van der Waals surface area contributed by atoms with Gasteiger partial charge in [-0.1, -0.05) is 11.8 Å². The second-order valence-electron chi connectivity index (χ2n) is 2.57. The van der Waals surface area contributed by atoms with Gasteiger partial charge in [0, 0.05) is 31.2 Å². The quantitative estimate of drug-likeness (QED) is 0.642. The van der Waals surface area contributed by atoms with Crippen LogP contribution in [0.4, 0.5) is 0 Å². The third-order valence-electron chi connectivity index (χ3n) is 1.44. The molecule has 0 saturated heterocycles. The van der Waals surface area contributed by atoms with Gasteiger partial charge < -0.3 is 15.4 Å². The number of hydrogen-bond donors (Lipinski definition) is 2. The topological polar surface area (TPSA) is 64.1 Å². The maximum atomic E-state index is 8.67. The van der Waals surface area contributed by atoms with Crippen molar-refractivity contribution in [2.45, 2.75) is 11.2 Å². The molecule has 5 heteroatoms. The van der Waals surface area contributed by atoms with Gasteiger partial charge in [-0.15, -0.1) is 0 Å². The molecule has 0 aliphatic heterocycles. The van der Waals surface area contributed by atoms with Gasteiger partial charge in [0.1, 0.15) is 0 Å². The Labute approximate surface area is 75.8 Å². The summed E-state index contributed by atoms with van der Waals surface area (Å²) in [5, 5.41) is 9.60. The number of rotatable bonds is 4. The van der Waals surface area contributed by atoms with Crippen molar-refractivity contribution in [1.29, 1.82) is 0 Å². The summed E-state index contributed by atoms with van der Waals surface area (Å²) >= 11 is 1.55. The second kappa shape index (κ2) is 4.49. The number of imidazole rings is 1. The van der Waals surface area contributed by atoms with Gasteiger partial charge in [-0.05, 0) is 0 Å². The molecule has 68 valence electrons. The first-order valence-electron chi connectivity index (χ1n) is 3.70. The van der Waals surface area contributed by atoms with Gasteiger partial charge in [0.15, 0.2) is 5.16 Å². The third kappa shape index (κ3) is 2.51. The summed E-state index contributed by atoms with van der Waals surface area (Å²) in [6, 6.07) is -0.160. The Bertz CT molecular complexity index is 238. The molecule has 1 rings (SSSR count). The highest BCUT2D eigenvalue weighted by atomic mass is 32.2. The third-order valence-corrected chi connectivity index (χ3v) is 2.68. The average molecular weight is 187 g/mol. The van der Waals surface area contributed by atoms with Crippen LogP contribution < -0.4 is 5.73 Å². The summed E-state index contributed by atoms with van der Waals surface area (Å²) in [5.41, 5.74) is 5.53. The predicted molar refractivity (Wildman–Crippen MR) is 49.0 cm³/mol. The van der Waals surface area contributed by atoms with E-state index in [1.165, 1.54) is 0 Å². The molecule has 1 heterocycles. The first-order valence-corrected chi connectivity index (χ1v) is 4.69. The zero-order valence-corrected chi connectivity index (χ0v) is 7.79. The van der Waals surface area contributed by atoms with Crippen molar-refractivity contribution in [1.82, 2.24) is 9.55 Å². The highest BCUT2D eigenvalue weighted by Gasteiger charge is 2.04. The highest BCUT2D eigenvalue weighted by Crippen LogP contribution is 2.14. The smallest absolute Gasteiger partial charge is 0.167 e. The monoisotopic (exact) mass is 187 g/mol. The molecule has 12 heavy (non-hydrogen) atoms. The fraction of sp³-hybridized carbons (Fsp3) is 0.571. The predicted octanol–water partition coefficient (Wildman–Crippen LogP) is -0.168. The van der Waals surface area contributed by atoms with Crippen molar-refractivity contribution in [2.24, 2.45) is 12.8 Å². The number of thioether (sulfide) groups is 1. The zero-order valence-electron chi connectivity index (χ0n) is 6.97. The SMILES string of the molecule is Cn1ccnc1SCC(N)CO. The molecule has 0 saturated carbocycles. The Kier molecular flexibility index (Phi) is 3.58. The number of aryl methyl sites for hydroxylation is 1. The van der Waals surface area contributed by atoms with Crippen LogP contribution in [0, 0.1) is 0 Å². The van der Waals surface area contributed by atoms with E-state index >= 15 is 0 Å². The van der Waals surface area contributed by atoms with Crippen LogP contribution in [-0.4, -0.2) is 33.1 Å². The molecule has 3 N–H and O–H groups in total. The number of hydrogen-bond acceptors (Lipinski definition) is 4. The summed E-state index contributed by atoms with van der Waals surface area (Å²) in [6.07, 6.45) is 3.62. The Hall–Kier alpha value is -0.520. The van der Waals surface area contributed by atoms with Crippen LogP contribution in [-0.2, 0) is 7.05 Å². The summed E-state index contributed by atoms with van der Waals surface area (Å²) in [4.78, 5) is 4.11. The van der Waals surface area contributed by atoms with Crippen molar-refractivity contribution in [2.75, 3.05) is 12.4 Å². The molecule has 0 aromatic carbocycles. The van der Waals surface area contributed by atoms with Gasteiger partial charge in [0.2, 0.25) is 0 Å². The Balaban J connectivity index is 2.38. The highest BCUT2D eigenvalue weighted by molar-refractivity contribution is 7.99. The van der Waals surface area contributed by atoms with E-state index in [4.69, 9.17) is 10.8 Å². The van der Waals surface area contributed by atoms with Crippen LogP contribution in [0.25, 0.3) is 0 Å². The fourth-order valence-electron chi connectivity index (χ4n) is 0.725. The summed E-state index contributed by atoms with van der Waals surface area (Å²) in [6.45, 7) is 0.0252. The average Bonchev–Trinajstić information content (AvgIpc) is 2.47. The van der Waals surface area contributed by atoms with E-state index in [1.54, 1.807) is 18.0 Å². The van der Waals surface area contributed by atoms with Crippen molar-refractivity contribution >= 4 is 11.8 Å². The number of aliphatic hydroxyl groups excluding tert-OH is 1. The summed E-state index contributed by atoms with van der Waals surface area (Å²) in [7, 11) is 1.93. The molecular weight excluding hydrogens is 174 g/mol. The van der Waals surface area contributed by atoms with Crippen LogP contribution in [0.3, 0.4) is 0 Å². The standard InChI is InChI=1S/C7H13N3OS/c1-10-3-2-9-7(10)12-5-6(8)4-11/h2-3,6,11H,4-5,8H2,1H3. The molecule has 0 radical (unpaired) electrons.